The van der Waals surface area contributed by atoms with Gasteiger partial charge >= 0.3 is 0 Å². The lowest BCUT2D eigenvalue weighted by atomic mass is 9.98. The lowest BCUT2D eigenvalue weighted by Gasteiger charge is -2.13. The summed E-state index contributed by atoms with van der Waals surface area (Å²) in [7, 11) is 0. The van der Waals surface area contributed by atoms with Crippen molar-refractivity contribution in [3.8, 4) is 0 Å². The fraction of sp³-hybridized carbons (Fsp3) is 0.250. The van der Waals surface area contributed by atoms with Crippen molar-refractivity contribution >= 4 is 11.8 Å². The van der Waals surface area contributed by atoms with Crippen molar-refractivity contribution < 1.29 is 5.11 Å². The highest BCUT2D eigenvalue weighted by Crippen LogP contribution is 2.25. The monoisotopic (exact) mass is 258 g/mol. The van der Waals surface area contributed by atoms with E-state index < -0.39 is 6.10 Å². The zero-order valence-electron chi connectivity index (χ0n) is 11.0. The molecule has 0 aliphatic carbocycles. The number of thioether (sulfide) groups is 1. The van der Waals surface area contributed by atoms with Crippen LogP contribution in [0.3, 0.4) is 0 Å². The summed E-state index contributed by atoms with van der Waals surface area (Å²) in [5.74, 6) is 0. The van der Waals surface area contributed by atoms with Crippen molar-refractivity contribution in [2.45, 2.75) is 24.8 Å². The number of benzene rings is 2. The molecule has 1 unspecified atom stereocenters. The summed E-state index contributed by atoms with van der Waals surface area (Å²) in [6, 6.07) is 14.2. The molecule has 0 amide bonds. The molecule has 94 valence electrons. The van der Waals surface area contributed by atoms with E-state index in [0.717, 1.165) is 11.1 Å². The molecule has 0 radical (unpaired) electrons. The molecule has 2 aromatic carbocycles. The van der Waals surface area contributed by atoms with E-state index in [2.05, 4.69) is 32.2 Å². The first kappa shape index (κ1) is 13.2. The molecule has 0 aliphatic heterocycles. The topological polar surface area (TPSA) is 20.2 Å². The molecule has 0 bridgehead atoms. The average Bonchev–Trinajstić information content (AvgIpc) is 2.41. The third-order valence-electron chi connectivity index (χ3n) is 3.28. The van der Waals surface area contributed by atoms with E-state index in [4.69, 9.17) is 0 Å². The molecule has 0 aliphatic rings. The Kier molecular flexibility index (Phi) is 4.10. The first-order valence-corrected chi connectivity index (χ1v) is 7.23. The Morgan fingerprint density at radius 3 is 2.06 bits per heavy atom. The van der Waals surface area contributed by atoms with E-state index in [0.29, 0.717) is 0 Å². The molecule has 1 atom stereocenters. The van der Waals surface area contributed by atoms with Crippen LogP contribution in [0, 0.1) is 13.8 Å². The number of hydrogen-bond donors (Lipinski definition) is 1. The minimum Gasteiger partial charge on any atom is -0.384 e. The van der Waals surface area contributed by atoms with Crippen molar-refractivity contribution in [2.24, 2.45) is 0 Å². The molecule has 2 rings (SSSR count). The maximum atomic E-state index is 10.4. The second-order valence-electron chi connectivity index (χ2n) is 4.52. The Morgan fingerprint density at radius 1 is 0.889 bits per heavy atom. The molecular formula is C16H18OS. The summed E-state index contributed by atoms with van der Waals surface area (Å²) < 4.78 is 0. The minimum atomic E-state index is -0.541. The summed E-state index contributed by atoms with van der Waals surface area (Å²) in [5.41, 5.74) is 4.36. The molecule has 0 aromatic heterocycles. The van der Waals surface area contributed by atoms with Crippen molar-refractivity contribution in [2.75, 3.05) is 6.26 Å². The van der Waals surface area contributed by atoms with E-state index in [1.54, 1.807) is 11.8 Å². The van der Waals surface area contributed by atoms with Crippen molar-refractivity contribution in [1.82, 2.24) is 0 Å². The van der Waals surface area contributed by atoms with Gasteiger partial charge in [-0.25, -0.2) is 0 Å². The first-order chi connectivity index (χ1) is 8.61. The van der Waals surface area contributed by atoms with Gasteiger partial charge in [0.25, 0.3) is 0 Å². The van der Waals surface area contributed by atoms with Gasteiger partial charge in [-0.2, -0.15) is 0 Å². The molecule has 0 saturated carbocycles. The molecule has 2 aromatic rings. The van der Waals surface area contributed by atoms with Gasteiger partial charge in [-0.3, -0.25) is 0 Å². The predicted molar refractivity (Wildman–Crippen MR) is 78.2 cm³/mol. The van der Waals surface area contributed by atoms with Crippen LogP contribution in [0.25, 0.3) is 0 Å². The number of aliphatic hydroxyl groups is 1. The zero-order valence-corrected chi connectivity index (χ0v) is 11.8. The van der Waals surface area contributed by atoms with Gasteiger partial charge in [-0.05, 0) is 54.5 Å². The number of aliphatic hydroxyl groups excluding tert-OH is 1. The molecule has 2 heteroatoms. The van der Waals surface area contributed by atoms with Gasteiger partial charge in [-0.15, -0.1) is 11.8 Å². The number of aryl methyl sites for hydroxylation is 2. The summed E-state index contributed by atoms with van der Waals surface area (Å²) >= 11 is 1.71. The maximum Gasteiger partial charge on any atom is 0.104 e. The standard InChI is InChI=1S/C16H18OS/c1-11-4-5-14(10-12(11)2)16(17)13-6-8-15(18-3)9-7-13/h4-10,16-17H,1-3H3. The van der Waals surface area contributed by atoms with E-state index in [1.807, 2.05) is 30.3 Å². The SMILES string of the molecule is CSc1ccc(C(O)c2ccc(C)c(C)c2)cc1. The van der Waals surface area contributed by atoms with Gasteiger partial charge in [0.1, 0.15) is 6.10 Å². The van der Waals surface area contributed by atoms with Crippen molar-refractivity contribution in [3.63, 3.8) is 0 Å². The normalized spacial score (nSPS) is 12.4. The third kappa shape index (κ3) is 2.77. The molecule has 1 nitrogen and oxygen atoms in total. The van der Waals surface area contributed by atoms with Crippen LogP contribution in [0.1, 0.15) is 28.4 Å². The average molecular weight is 258 g/mol. The lowest BCUT2D eigenvalue weighted by molar-refractivity contribution is 0.220. The third-order valence-corrected chi connectivity index (χ3v) is 4.02. The van der Waals surface area contributed by atoms with Gasteiger partial charge in [0.15, 0.2) is 0 Å². The Morgan fingerprint density at radius 2 is 1.50 bits per heavy atom. The van der Waals surface area contributed by atoms with Gasteiger partial charge in [0.05, 0.1) is 0 Å². The smallest absolute Gasteiger partial charge is 0.104 e. The fourth-order valence-corrected chi connectivity index (χ4v) is 2.32. The molecule has 1 N–H and O–H groups in total. The molecular weight excluding hydrogens is 240 g/mol. The van der Waals surface area contributed by atoms with Crippen LogP contribution >= 0.6 is 11.8 Å². The molecule has 18 heavy (non-hydrogen) atoms. The van der Waals surface area contributed by atoms with Crippen LogP contribution in [-0.2, 0) is 0 Å². The fourth-order valence-electron chi connectivity index (χ4n) is 1.91. The lowest BCUT2D eigenvalue weighted by Crippen LogP contribution is -2.00. The quantitative estimate of drug-likeness (QED) is 0.836. The van der Waals surface area contributed by atoms with E-state index in [9.17, 15) is 5.11 Å². The minimum absolute atomic E-state index is 0.541. The zero-order chi connectivity index (χ0) is 13.1. The van der Waals surface area contributed by atoms with E-state index >= 15 is 0 Å². The second kappa shape index (κ2) is 5.59. The first-order valence-electron chi connectivity index (χ1n) is 6.01. The Hall–Kier alpha value is -1.25. The Balaban J connectivity index is 2.28. The van der Waals surface area contributed by atoms with Crippen LogP contribution in [0.4, 0.5) is 0 Å². The van der Waals surface area contributed by atoms with Gasteiger partial charge in [-0.1, -0.05) is 30.3 Å². The van der Waals surface area contributed by atoms with Crippen LogP contribution in [0.2, 0.25) is 0 Å². The van der Waals surface area contributed by atoms with Crippen LogP contribution in [0.5, 0.6) is 0 Å². The maximum absolute atomic E-state index is 10.4. The van der Waals surface area contributed by atoms with Gasteiger partial charge in [0.2, 0.25) is 0 Å². The summed E-state index contributed by atoms with van der Waals surface area (Å²) in [6.45, 7) is 4.15. The summed E-state index contributed by atoms with van der Waals surface area (Å²) in [4.78, 5) is 1.21. The van der Waals surface area contributed by atoms with Crippen LogP contribution < -0.4 is 0 Å². The van der Waals surface area contributed by atoms with Gasteiger partial charge in [0, 0.05) is 4.90 Å². The largest absolute Gasteiger partial charge is 0.384 e. The van der Waals surface area contributed by atoms with Gasteiger partial charge < -0.3 is 5.11 Å². The second-order valence-corrected chi connectivity index (χ2v) is 5.40. The molecule has 0 spiro atoms. The van der Waals surface area contributed by atoms with E-state index in [1.165, 1.54) is 16.0 Å². The number of rotatable bonds is 3. The highest BCUT2D eigenvalue weighted by molar-refractivity contribution is 7.98. The molecule has 0 heterocycles. The molecule has 0 fully saturated rings. The Labute approximate surface area is 113 Å². The highest BCUT2D eigenvalue weighted by Gasteiger charge is 2.10. The number of hydrogen-bond acceptors (Lipinski definition) is 2. The Bertz CT molecular complexity index is 531. The highest BCUT2D eigenvalue weighted by atomic mass is 32.2. The van der Waals surface area contributed by atoms with Crippen molar-refractivity contribution in [1.29, 1.82) is 0 Å². The van der Waals surface area contributed by atoms with E-state index in [-0.39, 0.29) is 0 Å². The van der Waals surface area contributed by atoms with Crippen LogP contribution in [-0.4, -0.2) is 11.4 Å². The van der Waals surface area contributed by atoms with Crippen molar-refractivity contribution in [3.05, 3.63) is 64.7 Å². The predicted octanol–water partition coefficient (Wildman–Crippen LogP) is 4.11. The molecule has 0 saturated heterocycles. The summed E-state index contributed by atoms with van der Waals surface area (Å²) in [5, 5.41) is 10.4. The summed E-state index contributed by atoms with van der Waals surface area (Å²) in [6.07, 6.45) is 1.51. The van der Waals surface area contributed by atoms with Crippen LogP contribution in [0.15, 0.2) is 47.4 Å².